The Labute approximate surface area is 194 Å². The number of hydrogen-bond acceptors (Lipinski definition) is 4. The van der Waals surface area contributed by atoms with Gasteiger partial charge in [-0.3, -0.25) is 14.5 Å². The molecule has 2 aromatic rings. The number of imide groups is 1. The minimum absolute atomic E-state index is 0.231. The molecule has 0 unspecified atom stereocenters. The van der Waals surface area contributed by atoms with E-state index >= 15 is 0 Å². The van der Waals surface area contributed by atoms with E-state index in [0.29, 0.717) is 23.4 Å². The number of fused-ring (bicyclic) bond motifs is 1. The number of benzene rings is 2. The van der Waals surface area contributed by atoms with Crippen LogP contribution in [0.3, 0.4) is 0 Å². The number of anilines is 1. The van der Waals surface area contributed by atoms with Crippen molar-refractivity contribution in [3.05, 3.63) is 71.3 Å². The van der Waals surface area contributed by atoms with Gasteiger partial charge in [0.25, 0.3) is 11.8 Å². The summed E-state index contributed by atoms with van der Waals surface area (Å²) in [7, 11) is 0. The van der Waals surface area contributed by atoms with Gasteiger partial charge in [-0.2, -0.15) is 0 Å². The highest BCUT2D eigenvalue weighted by molar-refractivity contribution is 6.28. The van der Waals surface area contributed by atoms with Gasteiger partial charge in [-0.15, -0.1) is 0 Å². The molecule has 0 radical (unpaired) electrons. The zero-order valence-corrected chi connectivity index (χ0v) is 18.9. The zero-order valence-electron chi connectivity index (χ0n) is 18.9. The molecule has 33 heavy (non-hydrogen) atoms. The molecule has 0 aromatic heterocycles. The van der Waals surface area contributed by atoms with Crippen LogP contribution in [0.15, 0.2) is 54.6 Å². The Morgan fingerprint density at radius 1 is 1.00 bits per heavy atom. The average Bonchev–Trinajstić information content (AvgIpc) is 3.17. The van der Waals surface area contributed by atoms with E-state index in [0.717, 1.165) is 37.9 Å². The van der Waals surface area contributed by atoms with Gasteiger partial charge in [0.1, 0.15) is 5.75 Å². The summed E-state index contributed by atoms with van der Waals surface area (Å²) in [6.45, 7) is 2.07. The Hall–Kier alpha value is -2.92. The van der Waals surface area contributed by atoms with Gasteiger partial charge < -0.3 is 5.11 Å². The van der Waals surface area contributed by atoms with E-state index in [1.165, 1.54) is 53.9 Å². The third-order valence-electron chi connectivity index (χ3n) is 8.60. The molecule has 2 heterocycles. The second-order valence-corrected chi connectivity index (χ2v) is 10.2. The largest absolute Gasteiger partial charge is 0.508 e. The Balaban J connectivity index is 1.23. The van der Waals surface area contributed by atoms with Crippen LogP contribution < -0.4 is 4.90 Å². The first-order chi connectivity index (χ1) is 16.0. The molecular formula is C28H30N2O3. The number of carbonyl (C=O) groups is 2. The summed E-state index contributed by atoms with van der Waals surface area (Å²) in [5.41, 5.74) is 4.88. The molecule has 5 heteroatoms. The van der Waals surface area contributed by atoms with Gasteiger partial charge in [0.2, 0.25) is 0 Å². The summed E-state index contributed by atoms with van der Waals surface area (Å²) in [6, 6.07) is 14.4. The predicted octanol–water partition coefficient (Wildman–Crippen LogP) is 4.12. The summed E-state index contributed by atoms with van der Waals surface area (Å²) < 4.78 is 0. The third-order valence-corrected chi connectivity index (χ3v) is 8.60. The van der Waals surface area contributed by atoms with E-state index in [4.69, 9.17) is 0 Å². The maximum Gasteiger partial charge on any atom is 0.258 e. The molecule has 170 valence electrons. The van der Waals surface area contributed by atoms with Gasteiger partial charge in [0, 0.05) is 30.2 Å². The molecule has 1 saturated carbocycles. The summed E-state index contributed by atoms with van der Waals surface area (Å²) >= 11 is 0. The molecule has 3 atom stereocenters. The molecule has 4 aliphatic rings. The van der Waals surface area contributed by atoms with Gasteiger partial charge in [0.05, 0.1) is 5.69 Å². The van der Waals surface area contributed by atoms with Gasteiger partial charge in [-0.1, -0.05) is 31.0 Å². The fraction of sp³-hybridized carbons (Fsp3) is 0.429. The molecule has 2 fully saturated rings. The lowest BCUT2D eigenvalue weighted by molar-refractivity contribution is -0.119. The topological polar surface area (TPSA) is 60.9 Å². The smallest absolute Gasteiger partial charge is 0.258 e. The van der Waals surface area contributed by atoms with Crippen LogP contribution in [0.2, 0.25) is 0 Å². The van der Waals surface area contributed by atoms with Crippen LogP contribution in [-0.2, 0) is 27.8 Å². The highest BCUT2D eigenvalue weighted by Crippen LogP contribution is 2.56. The van der Waals surface area contributed by atoms with E-state index in [1.807, 2.05) is 24.3 Å². The van der Waals surface area contributed by atoms with Gasteiger partial charge in [-0.05, 0) is 85.5 Å². The zero-order chi connectivity index (χ0) is 22.6. The lowest BCUT2D eigenvalue weighted by Crippen LogP contribution is -2.61. The lowest BCUT2D eigenvalue weighted by atomic mass is 9.52. The monoisotopic (exact) mass is 442 g/mol. The van der Waals surface area contributed by atoms with Crippen molar-refractivity contribution in [1.82, 2.24) is 4.90 Å². The standard InChI is InChI=1S/C28H30N2O3/c31-22-8-7-20-17-25-23-6-1-2-12-28(23,24(20)18-22)13-15-29(25)14-11-19-4-3-5-21(16-19)30-26(32)9-10-27(30)33/h3-5,7-10,16,18,23,25,31H,1-2,6,11-15,17H2/t23-,25+,28+/m0/s1. The first kappa shape index (κ1) is 20.7. The predicted molar refractivity (Wildman–Crippen MR) is 127 cm³/mol. The summed E-state index contributed by atoms with van der Waals surface area (Å²) in [5, 5.41) is 10.2. The fourth-order valence-electron chi connectivity index (χ4n) is 7.13. The molecule has 2 bridgehead atoms. The van der Waals surface area contributed by atoms with Crippen LogP contribution in [0.5, 0.6) is 5.75 Å². The molecule has 1 saturated heterocycles. The first-order valence-electron chi connectivity index (χ1n) is 12.3. The Morgan fingerprint density at radius 3 is 2.70 bits per heavy atom. The van der Waals surface area contributed by atoms with Crippen LogP contribution >= 0.6 is 0 Å². The van der Waals surface area contributed by atoms with Gasteiger partial charge in [-0.25, -0.2) is 4.90 Å². The molecule has 6 rings (SSSR count). The molecule has 2 aliphatic carbocycles. The first-order valence-corrected chi connectivity index (χ1v) is 12.3. The van der Waals surface area contributed by atoms with Crippen molar-refractivity contribution < 1.29 is 14.7 Å². The highest BCUT2D eigenvalue weighted by atomic mass is 16.3. The number of piperidine rings is 1. The summed E-state index contributed by atoms with van der Waals surface area (Å²) in [6.07, 6.45) is 10.9. The van der Waals surface area contributed by atoms with Crippen LogP contribution in [0.25, 0.3) is 0 Å². The number of amides is 2. The number of phenols is 1. The van der Waals surface area contributed by atoms with Crippen LogP contribution in [0.1, 0.15) is 48.8 Å². The quantitative estimate of drug-likeness (QED) is 0.724. The maximum absolute atomic E-state index is 12.1. The average molecular weight is 443 g/mol. The van der Waals surface area contributed by atoms with Crippen molar-refractivity contribution in [2.75, 3.05) is 18.0 Å². The van der Waals surface area contributed by atoms with Gasteiger partial charge in [0.15, 0.2) is 0 Å². The molecule has 0 spiro atoms. The number of likely N-dealkylation sites (tertiary alicyclic amines) is 1. The second kappa shape index (κ2) is 7.84. The molecule has 2 aliphatic heterocycles. The molecule has 2 aromatic carbocycles. The van der Waals surface area contributed by atoms with Crippen LogP contribution in [-0.4, -0.2) is 41.0 Å². The number of hydrogen-bond donors (Lipinski definition) is 1. The van der Waals surface area contributed by atoms with Crippen molar-refractivity contribution >= 4 is 17.5 Å². The number of aromatic hydroxyl groups is 1. The Morgan fingerprint density at radius 2 is 1.85 bits per heavy atom. The van der Waals surface area contributed by atoms with Gasteiger partial charge >= 0.3 is 0 Å². The van der Waals surface area contributed by atoms with E-state index in [1.54, 1.807) is 0 Å². The Kier molecular flexibility index (Phi) is 4.91. The molecular weight excluding hydrogens is 412 g/mol. The number of nitrogens with zero attached hydrogens (tertiary/aromatic N) is 2. The normalized spacial score (nSPS) is 28.7. The summed E-state index contributed by atoms with van der Waals surface area (Å²) in [5.74, 6) is 0.521. The minimum Gasteiger partial charge on any atom is -0.508 e. The van der Waals surface area contributed by atoms with E-state index in [2.05, 4.69) is 23.1 Å². The van der Waals surface area contributed by atoms with Crippen LogP contribution in [0.4, 0.5) is 5.69 Å². The molecule has 1 N–H and O–H groups in total. The number of rotatable bonds is 4. The van der Waals surface area contributed by atoms with Crippen molar-refractivity contribution in [2.24, 2.45) is 5.92 Å². The molecule has 5 nitrogen and oxygen atoms in total. The minimum atomic E-state index is -0.270. The maximum atomic E-state index is 12.1. The Bertz CT molecular complexity index is 1140. The SMILES string of the molecule is O=C1C=CC(=O)N1c1cccc(CCN2CC[C@]34CCCC[C@H]3[C@H]2Cc2ccc(O)cc24)c1. The van der Waals surface area contributed by atoms with Crippen LogP contribution in [0, 0.1) is 5.92 Å². The fourth-order valence-corrected chi connectivity index (χ4v) is 7.13. The van der Waals surface area contributed by atoms with Crippen molar-refractivity contribution in [3.8, 4) is 5.75 Å². The van der Waals surface area contributed by atoms with E-state index in [-0.39, 0.29) is 17.2 Å². The van der Waals surface area contributed by atoms with Crippen molar-refractivity contribution in [2.45, 2.75) is 56.4 Å². The number of phenolic OH excluding ortho intramolecular Hbond substituents is 1. The number of carbonyl (C=O) groups excluding carboxylic acids is 2. The third kappa shape index (κ3) is 3.33. The van der Waals surface area contributed by atoms with Crippen molar-refractivity contribution in [3.63, 3.8) is 0 Å². The second-order valence-electron chi connectivity index (χ2n) is 10.2. The highest BCUT2D eigenvalue weighted by Gasteiger charge is 2.53. The van der Waals surface area contributed by atoms with E-state index < -0.39 is 0 Å². The summed E-state index contributed by atoms with van der Waals surface area (Å²) in [4.78, 5) is 28.1. The van der Waals surface area contributed by atoms with E-state index in [9.17, 15) is 14.7 Å². The lowest BCUT2D eigenvalue weighted by Gasteiger charge is -2.59. The molecule has 2 amide bonds. The van der Waals surface area contributed by atoms with Crippen molar-refractivity contribution in [1.29, 1.82) is 0 Å².